The number of fused-ring (bicyclic) bond motifs is 3. The number of rotatable bonds is 4. The van der Waals surface area contributed by atoms with Gasteiger partial charge in [-0.3, -0.25) is 4.40 Å². The first kappa shape index (κ1) is 22.4. The van der Waals surface area contributed by atoms with Gasteiger partial charge in [0.2, 0.25) is 5.78 Å². The average Bonchev–Trinajstić information content (AvgIpc) is 3.27. The van der Waals surface area contributed by atoms with Crippen molar-refractivity contribution in [3.8, 4) is 0 Å². The van der Waals surface area contributed by atoms with Crippen molar-refractivity contribution in [3.05, 3.63) is 77.1 Å². The molecule has 34 heavy (non-hydrogen) atoms. The Labute approximate surface area is 195 Å². The average molecular weight is 466 g/mol. The molecule has 2 aromatic carbocycles. The van der Waals surface area contributed by atoms with Crippen molar-refractivity contribution in [1.29, 1.82) is 0 Å². The van der Waals surface area contributed by atoms with E-state index in [0.717, 1.165) is 42.0 Å². The fourth-order valence-corrected chi connectivity index (χ4v) is 4.72. The summed E-state index contributed by atoms with van der Waals surface area (Å²) in [7, 11) is 2.10. The van der Waals surface area contributed by atoms with Gasteiger partial charge in [-0.1, -0.05) is 24.3 Å². The topological polar surface area (TPSA) is 45.5 Å². The first-order valence-corrected chi connectivity index (χ1v) is 11.3. The van der Waals surface area contributed by atoms with Gasteiger partial charge < -0.3 is 10.2 Å². The molecule has 0 radical (unpaired) electrons. The Hall–Kier alpha value is -3.39. The lowest BCUT2D eigenvalue weighted by Crippen LogP contribution is -2.23. The molecule has 176 valence electrons. The summed E-state index contributed by atoms with van der Waals surface area (Å²) in [5.74, 6) is 1.14. The Bertz CT molecular complexity index is 1400. The molecule has 1 aliphatic heterocycles. The summed E-state index contributed by atoms with van der Waals surface area (Å²) in [5, 5.41) is 4.28. The fraction of sp³-hybridized carbons (Fsp3) is 0.308. The largest absolute Gasteiger partial charge is 0.416 e. The molecular formula is C26H26F3N5. The van der Waals surface area contributed by atoms with E-state index in [9.17, 15) is 13.2 Å². The van der Waals surface area contributed by atoms with Gasteiger partial charge in [-0.05, 0) is 67.8 Å². The van der Waals surface area contributed by atoms with Crippen LogP contribution in [0.3, 0.4) is 0 Å². The van der Waals surface area contributed by atoms with E-state index in [1.807, 2.05) is 17.5 Å². The first-order chi connectivity index (χ1) is 16.2. The normalized spacial score (nSPS) is 16.1. The molecule has 3 heterocycles. The highest BCUT2D eigenvalue weighted by Gasteiger charge is 2.33. The van der Waals surface area contributed by atoms with Gasteiger partial charge in [-0.2, -0.15) is 18.2 Å². The van der Waals surface area contributed by atoms with Crippen LogP contribution in [0.5, 0.6) is 0 Å². The molecule has 1 N–H and O–H groups in total. The minimum atomic E-state index is -4.39. The SMILES string of the molecule is Cc1c([C@@H](C)Nc2nc3nccn3c3ccc(C4=CCN(C)CC4)cc23)cccc1C(F)(F)F. The summed E-state index contributed by atoms with van der Waals surface area (Å²) in [6, 6.07) is 10.2. The second kappa shape index (κ2) is 8.43. The molecule has 0 bridgehead atoms. The maximum Gasteiger partial charge on any atom is 0.416 e. The third-order valence-electron chi connectivity index (χ3n) is 6.63. The van der Waals surface area contributed by atoms with E-state index >= 15 is 0 Å². The lowest BCUT2D eigenvalue weighted by Gasteiger charge is -2.23. The van der Waals surface area contributed by atoms with Crippen LogP contribution in [0, 0.1) is 6.92 Å². The zero-order valence-corrected chi connectivity index (χ0v) is 19.3. The lowest BCUT2D eigenvalue weighted by atomic mass is 9.96. The van der Waals surface area contributed by atoms with Crippen LogP contribution in [0.1, 0.15) is 41.6 Å². The molecule has 4 aromatic rings. The summed E-state index contributed by atoms with van der Waals surface area (Å²) < 4.78 is 42.3. The number of likely N-dealkylation sites (N-methyl/N-ethyl adjacent to an activating group) is 1. The maximum atomic E-state index is 13.5. The Kier molecular flexibility index (Phi) is 5.56. The number of alkyl halides is 3. The van der Waals surface area contributed by atoms with Crippen LogP contribution < -0.4 is 5.32 Å². The van der Waals surface area contributed by atoms with Crippen molar-refractivity contribution in [3.63, 3.8) is 0 Å². The minimum absolute atomic E-state index is 0.221. The van der Waals surface area contributed by atoms with E-state index in [0.29, 0.717) is 17.2 Å². The van der Waals surface area contributed by atoms with Crippen LogP contribution in [-0.4, -0.2) is 39.4 Å². The van der Waals surface area contributed by atoms with Crippen molar-refractivity contribution in [2.45, 2.75) is 32.5 Å². The second-order valence-corrected chi connectivity index (χ2v) is 8.91. The van der Waals surface area contributed by atoms with Crippen molar-refractivity contribution in [2.75, 3.05) is 25.5 Å². The molecule has 0 unspecified atom stereocenters. The van der Waals surface area contributed by atoms with Crippen molar-refractivity contribution in [2.24, 2.45) is 0 Å². The standard InChI is InChI=1S/C26H26F3N5/c1-16-20(5-4-6-22(16)26(27,28)29)17(2)31-24-21-15-19(18-9-12-33(3)13-10-18)7-8-23(21)34-14-11-30-25(34)32-24/h4-9,11,14-15,17H,10,12-13H2,1-3H3,(H,30,31,32)/t17-/m1/s1. The minimum Gasteiger partial charge on any atom is -0.363 e. The van der Waals surface area contributed by atoms with Crippen molar-refractivity contribution in [1.82, 2.24) is 19.3 Å². The van der Waals surface area contributed by atoms with Gasteiger partial charge >= 0.3 is 6.18 Å². The van der Waals surface area contributed by atoms with Gasteiger partial charge in [0.05, 0.1) is 17.1 Å². The molecule has 0 spiro atoms. The first-order valence-electron chi connectivity index (χ1n) is 11.3. The van der Waals surface area contributed by atoms with Crippen LogP contribution >= 0.6 is 0 Å². The third kappa shape index (κ3) is 4.03. The monoisotopic (exact) mass is 465 g/mol. The van der Waals surface area contributed by atoms with E-state index in [1.165, 1.54) is 18.6 Å². The van der Waals surface area contributed by atoms with Crippen molar-refractivity contribution < 1.29 is 13.2 Å². The van der Waals surface area contributed by atoms with E-state index < -0.39 is 11.7 Å². The number of imidazole rings is 1. The number of anilines is 1. The molecule has 1 atom stereocenters. The van der Waals surface area contributed by atoms with Crippen molar-refractivity contribution >= 4 is 28.1 Å². The molecular weight excluding hydrogens is 439 g/mol. The number of benzene rings is 2. The van der Waals surface area contributed by atoms with E-state index in [4.69, 9.17) is 4.98 Å². The highest BCUT2D eigenvalue weighted by atomic mass is 19.4. The summed E-state index contributed by atoms with van der Waals surface area (Å²) in [4.78, 5) is 11.3. The van der Waals surface area contributed by atoms with Crippen LogP contribution in [0.2, 0.25) is 0 Å². The second-order valence-electron chi connectivity index (χ2n) is 8.91. The van der Waals surface area contributed by atoms with Gasteiger partial charge in [-0.25, -0.2) is 4.98 Å². The van der Waals surface area contributed by atoms with Crippen LogP contribution in [0.15, 0.2) is 54.9 Å². The predicted octanol–water partition coefficient (Wildman–Crippen LogP) is 6.10. The number of hydrogen-bond donors (Lipinski definition) is 1. The lowest BCUT2D eigenvalue weighted by molar-refractivity contribution is -0.138. The van der Waals surface area contributed by atoms with Gasteiger partial charge in [0, 0.05) is 30.9 Å². The Morgan fingerprint density at radius 2 is 1.97 bits per heavy atom. The molecule has 5 rings (SSSR count). The molecule has 0 aliphatic carbocycles. The molecule has 1 aliphatic rings. The predicted molar refractivity (Wildman–Crippen MR) is 129 cm³/mol. The molecule has 5 nitrogen and oxygen atoms in total. The maximum absolute atomic E-state index is 13.5. The fourth-order valence-electron chi connectivity index (χ4n) is 4.72. The number of halogens is 3. The highest BCUT2D eigenvalue weighted by Crippen LogP contribution is 2.36. The van der Waals surface area contributed by atoms with E-state index in [1.54, 1.807) is 12.3 Å². The van der Waals surface area contributed by atoms with E-state index in [2.05, 4.69) is 46.5 Å². The molecule has 0 saturated heterocycles. The zero-order chi connectivity index (χ0) is 24.0. The Balaban J connectivity index is 1.59. The molecule has 0 amide bonds. The molecule has 0 saturated carbocycles. The number of nitrogens with zero attached hydrogens (tertiary/aromatic N) is 4. The summed E-state index contributed by atoms with van der Waals surface area (Å²) in [6.07, 6.45) is 2.37. The summed E-state index contributed by atoms with van der Waals surface area (Å²) in [5.41, 5.74) is 3.55. The quantitative estimate of drug-likeness (QED) is 0.396. The van der Waals surface area contributed by atoms with Gasteiger partial charge in [0.15, 0.2) is 0 Å². The molecule has 2 aromatic heterocycles. The summed E-state index contributed by atoms with van der Waals surface area (Å²) >= 11 is 0. The Morgan fingerprint density at radius 1 is 1.15 bits per heavy atom. The molecule has 0 fully saturated rings. The highest BCUT2D eigenvalue weighted by molar-refractivity contribution is 5.93. The van der Waals surface area contributed by atoms with E-state index in [-0.39, 0.29) is 11.6 Å². The smallest absolute Gasteiger partial charge is 0.363 e. The Morgan fingerprint density at radius 3 is 2.71 bits per heavy atom. The van der Waals surface area contributed by atoms with Crippen LogP contribution in [0.25, 0.3) is 22.3 Å². The van der Waals surface area contributed by atoms with Crippen LogP contribution in [0.4, 0.5) is 19.0 Å². The van der Waals surface area contributed by atoms with Gasteiger partial charge in [0.1, 0.15) is 5.82 Å². The summed E-state index contributed by atoms with van der Waals surface area (Å²) in [6.45, 7) is 5.28. The third-order valence-corrected chi connectivity index (χ3v) is 6.63. The number of hydrogen-bond acceptors (Lipinski definition) is 4. The molecule has 8 heteroatoms. The number of nitrogens with one attached hydrogen (secondary N) is 1. The van der Waals surface area contributed by atoms with Gasteiger partial charge in [-0.15, -0.1) is 0 Å². The van der Waals surface area contributed by atoms with Gasteiger partial charge in [0.25, 0.3) is 0 Å². The zero-order valence-electron chi connectivity index (χ0n) is 19.3. The number of aromatic nitrogens is 3. The van der Waals surface area contributed by atoms with Crippen LogP contribution in [-0.2, 0) is 6.18 Å².